The molecule has 0 aliphatic rings. The van der Waals surface area contributed by atoms with Gasteiger partial charge >= 0.3 is 12.0 Å². The van der Waals surface area contributed by atoms with Crippen molar-refractivity contribution in [2.24, 2.45) is 5.92 Å². The van der Waals surface area contributed by atoms with Crippen LogP contribution in [0.15, 0.2) is 28.7 Å². The molecule has 0 heterocycles. The third kappa shape index (κ3) is 5.61. The van der Waals surface area contributed by atoms with Gasteiger partial charge in [-0.1, -0.05) is 35.0 Å². The van der Waals surface area contributed by atoms with Crippen molar-refractivity contribution < 1.29 is 14.7 Å². The van der Waals surface area contributed by atoms with Crippen LogP contribution in [-0.2, 0) is 4.79 Å². The highest BCUT2D eigenvalue weighted by atomic mass is 79.9. The van der Waals surface area contributed by atoms with Gasteiger partial charge in [0.25, 0.3) is 0 Å². The number of rotatable bonds is 6. The Labute approximate surface area is 126 Å². The van der Waals surface area contributed by atoms with Gasteiger partial charge in [0.1, 0.15) is 0 Å². The number of urea groups is 1. The van der Waals surface area contributed by atoms with Crippen molar-refractivity contribution in [3.8, 4) is 0 Å². The van der Waals surface area contributed by atoms with E-state index < -0.39 is 11.9 Å². The van der Waals surface area contributed by atoms with Crippen LogP contribution in [0.25, 0.3) is 0 Å². The first-order chi connectivity index (χ1) is 9.40. The van der Waals surface area contributed by atoms with Crippen LogP contribution in [-0.4, -0.2) is 23.7 Å². The molecule has 0 spiro atoms. The van der Waals surface area contributed by atoms with Crippen molar-refractivity contribution in [3.63, 3.8) is 0 Å². The second kappa shape index (κ2) is 7.89. The number of nitrogens with one attached hydrogen (secondary N) is 2. The fourth-order valence-electron chi connectivity index (χ4n) is 1.61. The van der Waals surface area contributed by atoms with Crippen LogP contribution in [0.5, 0.6) is 0 Å². The largest absolute Gasteiger partial charge is 0.481 e. The SMILES string of the molecule is CC(CCNC(=O)NC(C)c1ccc(Br)cc1)C(=O)O. The molecule has 0 radical (unpaired) electrons. The lowest BCUT2D eigenvalue weighted by atomic mass is 10.1. The number of aliphatic carboxylic acids is 1. The van der Waals surface area contributed by atoms with Crippen molar-refractivity contribution >= 4 is 27.9 Å². The molecule has 6 heteroatoms. The minimum absolute atomic E-state index is 0.111. The predicted octanol–water partition coefficient (Wildman–Crippen LogP) is 2.92. The molecule has 0 aliphatic carbocycles. The maximum atomic E-state index is 11.7. The Balaban J connectivity index is 2.35. The topological polar surface area (TPSA) is 78.4 Å². The van der Waals surface area contributed by atoms with E-state index in [2.05, 4.69) is 26.6 Å². The summed E-state index contributed by atoms with van der Waals surface area (Å²) in [5.74, 6) is -1.31. The maximum Gasteiger partial charge on any atom is 0.315 e. The molecule has 1 rings (SSSR count). The molecule has 5 nitrogen and oxygen atoms in total. The molecule has 0 aromatic heterocycles. The molecular formula is C14H19BrN2O3. The Morgan fingerprint density at radius 1 is 1.25 bits per heavy atom. The van der Waals surface area contributed by atoms with Gasteiger partial charge in [-0.25, -0.2) is 4.79 Å². The van der Waals surface area contributed by atoms with Crippen LogP contribution >= 0.6 is 15.9 Å². The average molecular weight is 343 g/mol. The molecule has 3 N–H and O–H groups in total. The number of hydrogen-bond donors (Lipinski definition) is 3. The Kier molecular flexibility index (Phi) is 6.51. The van der Waals surface area contributed by atoms with Gasteiger partial charge in [-0.3, -0.25) is 4.79 Å². The molecule has 2 amide bonds. The summed E-state index contributed by atoms with van der Waals surface area (Å²) < 4.78 is 0.987. The van der Waals surface area contributed by atoms with Crippen LogP contribution in [0.3, 0.4) is 0 Å². The first-order valence-corrected chi connectivity index (χ1v) is 7.22. The Morgan fingerprint density at radius 3 is 2.40 bits per heavy atom. The first kappa shape index (κ1) is 16.5. The van der Waals surface area contributed by atoms with E-state index in [-0.39, 0.29) is 12.1 Å². The molecule has 20 heavy (non-hydrogen) atoms. The molecule has 0 bridgehead atoms. The summed E-state index contributed by atoms with van der Waals surface area (Å²) in [6.07, 6.45) is 0.412. The molecule has 1 aromatic rings. The zero-order chi connectivity index (χ0) is 15.1. The Morgan fingerprint density at radius 2 is 1.85 bits per heavy atom. The zero-order valence-electron chi connectivity index (χ0n) is 11.5. The molecule has 1 aromatic carbocycles. The summed E-state index contributed by atoms with van der Waals surface area (Å²) >= 11 is 3.36. The summed E-state index contributed by atoms with van der Waals surface area (Å²) in [4.78, 5) is 22.3. The smallest absolute Gasteiger partial charge is 0.315 e. The van der Waals surface area contributed by atoms with Gasteiger partial charge in [-0.05, 0) is 31.0 Å². The van der Waals surface area contributed by atoms with E-state index in [1.165, 1.54) is 0 Å². The van der Waals surface area contributed by atoms with Crippen LogP contribution in [0, 0.1) is 5.92 Å². The zero-order valence-corrected chi connectivity index (χ0v) is 13.1. The third-order valence-corrected chi connectivity index (χ3v) is 3.53. The summed E-state index contributed by atoms with van der Waals surface area (Å²) in [6, 6.07) is 7.29. The molecule has 0 saturated heterocycles. The summed E-state index contributed by atoms with van der Waals surface area (Å²) in [6.45, 7) is 3.85. The quantitative estimate of drug-likeness (QED) is 0.743. The van der Waals surface area contributed by atoms with E-state index >= 15 is 0 Å². The van der Waals surface area contributed by atoms with E-state index in [4.69, 9.17) is 5.11 Å². The summed E-state index contributed by atoms with van der Waals surface area (Å²) in [7, 11) is 0. The van der Waals surface area contributed by atoms with Gasteiger partial charge in [0.2, 0.25) is 0 Å². The van der Waals surface area contributed by atoms with Crippen molar-refractivity contribution in [2.75, 3.05) is 6.54 Å². The van der Waals surface area contributed by atoms with Crippen molar-refractivity contribution in [1.82, 2.24) is 10.6 Å². The predicted molar refractivity (Wildman–Crippen MR) is 80.5 cm³/mol. The molecule has 0 saturated carbocycles. The van der Waals surface area contributed by atoms with Crippen LogP contribution in [0.2, 0.25) is 0 Å². The normalized spacial score (nSPS) is 13.3. The number of carbonyl (C=O) groups excluding carboxylic acids is 1. The summed E-state index contributed by atoms with van der Waals surface area (Å²) in [5, 5.41) is 14.2. The Bertz CT molecular complexity index is 462. The molecule has 0 aliphatic heterocycles. The van der Waals surface area contributed by atoms with E-state index in [9.17, 15) is 9.59 Å². The molecule has 2 unspecified atom stereocenters. The molecule has 2 atom stereocenters. The number of carboxylic acids is 1. The van der Waals surface area contributed by atoms with Crippen LogP contribution in [0.4, 0.5) is 4.79 Å². The highest BCUT2D eigenvalue weighted by Gasteiger charge is 2.12. The Hall–Kier alpha value is -1.56. The van der Waals surface area contributed by atoms with Gasteiger partial charge in [0, 0.05) is 11.0 Å². The molecule has 0 fully saturated rings. The standard InChI is InChI=1S/C14H19BrN2O3/c1-9(13(18)19)7-8-16-14(20)17-10(2)11-3-5-12(15)6-4-11/h3-6,9-10H,7-8H2,1-2H3,(H,18,19)(H2,16,17,20). The van der Waals surface area contributed by atoms with E-state index in [0.29, 0.717) is 13.0 Å². The number of halogens is 1. The van der Waals surface area contributed by atoms with Crippen molar-refractivity contribution in [2.45, 2.75) is 26.3 Å². The second-order valence-corrected chi connectivity index (χ2v) is 5.62. The van der Waals surface area contributed by atoms with Gasteiger partial charge in [0.05, 0.1) is 12.0 Å². The van der Waals surface area contributed by atoms with Crippen molar-refractivity contribution in [3.05, 3.63) is 34.3 Å². The number of amides is 2. The number of carboxylic acid groups (broad SMARTS) is 1. The highest BCUT2D eigenvalue weighted by Crippen LogP contribution is 2.16. The molecule has 110 valence electrons. The van der Waals surface area contributed by atoms with E-state index in [1.54, 1.807) is 6.92 Å². The third-order valence-electron chi connectivity index (χ3n) is 3.00. The van der Waals surface area contributed by atoms with E-state index in [0.717, 1.165) is 10.0 Å². The minimum Gasteiger partial charge on any atom is -0.481 e. The van der Waals surface area contributed by atoms with Crippen LogP contribution < -0.4 is 10.6 Å². The fraction of sp³-hybridized carbons (Fsp3) is 0.429. The highest BCUT2D eigenvalue weighted by molar-refractivity contribution is 9.10. The molecular weight excluding hydrogens is 324 g/mol. The van der Waals surface area contributed by atoms with Crippen molar-refractivity contribution in [1.29, 1.82) is 0 Å². The number of carbonyl (C=O) groups is 2. The lowest BCUT2D eigenvalue weighted by Crippen LogP contribution is -2.38. The maximum absolute atomic E-state index is 11.7. The minimum atomic E-state index is -0.851. The van der Waals surface area contributed by atoms with Gasteiger partial charge < -0.3 is 15.7 Å². The fourth-order valence-corrected chi connectivity index (χ4v) is 1.87. The van der Waals surface area contributed by atoms with Gasteiger partial charge in [-0.15, -0.1) is 0 Å². The average Bonchev–Trinajstić information content (AvgIpc) is 2.39. The van der Waals surface area contributed by atoms with Gasteiger partial charge in [-0.2, -0.15) is 0 Å². The number of hydrogen-bond acceptors (Lipinski definition) is 2. The summed E-state index contributed by atoms with van der Waals surface area (Å²) in [5.41, 5.74) is 1.00. The lowest BCUT2D eigenvalue weighted by Gasteiger charge is -2.15. The second-order valence-electron chi connectivity index (χ2n) is 4.70. The first-order valence-electron chi connectivity index (χ1n) is 6.42. The lowest BCUT2D eigenvalue weighted by molar-refractivity contribution is -0.141. The van der Waals surface area contributed by atoms with Gasteiger partial charge in [0.15, 0.2) is 0 Å². The van der Waals surface area contributed by atoms with E-state index in [1.807, 2.05) is 31.2 Å². The van der Waals surface area contributed by atoms with Crippen LogP contribution in [0.1, 0.15) is 31.9 Å². The monoisotopic (exact) mass is 342 g/mol. The number of benzene rings is 1.